The third-order valence-corrected chi connectivity index (χ3v) is 4.65. The fourth-order valence-corrected chi connectivity index (χ4v) is 3.39. The molecule has 23 heavy (non-hydrogen) atoms. The molecule has 1 heterocycles. The highest BCUT2D eigenvalue weighted by atomic mass is 32.2. The quantitative estimate of drug-likeness (QED) is 0.859. The maximum atomic E-state index is 12.3. The summed E-state index contributed by atoms with van der Waals surface area (Å²) in [7, 11) is -3.59. The van der Waals surface area contributed by atoms with Crippen LogP contribution in [0.4, 0.5) is 13.2 Å². The van der Waals surface area contributed by atoms with Crippen LogP contribution in [0.3, 0.4) is 0 Å². The topological polar surface area (TPSA) is 49.4 Å². The van der Waals surface area contributed by atoms with Crippen molar-refractivity contribution in [2.75, 3.05) is 26.2 Å². The van der Waals surface area contributed by atoms with Gasteiger partial charge in [-0.25, -0.2) is 13.1 Å². The zero-order valence-electron chi connectivity index (χ0n) is 12.5. The molecular weight excluding hydrogens is 329 g/mol. The highest BCUT2D eigenvalue weighted by molar-refractivity contribution is 7.92. The molecule has 0 bridgehead atoms. The molecule has 0 saturated carbocycles. The van der Waals surface area contributed by atoms with Crippen LogP contribution in [0.2, 0.25) is 0 Å². The van der Waals surface area contributed by atoms with Crippen LogP contribution < -0.4 is 4.72 Å². The van der Waals surface area contributed by atoms with E-state index >= 15 is 0 Å². The lowest BCUT2D eigenvalue weighted by atomic mass is 10.1. The second-order valence-corrected chi connectivity index (χ2v) is 7.26. The van der Waals surface area contributed by atoms with Gasteiger partial charge in [-0.15, -0.1) is 0 Å². The van der Waals surface area contributed by atoms with Crippen molar-refractivity contribution < 1.29 is 21.6 Å². The largest absolute Gasteiger partial charge is 0.401 e. The molecule has 0 amide bonds. The van der Waals surface area contributed by atoms with Crippen LogP contribution in [0, 0.1) is 5.92 Å². The second-order valence-electron chi connectivity index (χ2n) is 5.61. The van der Waals surface area contributed by atoms with Crippen LogP contribution in [0.25, 0.3) is 6.08 Å². The maximum Gasteiger partial charge on any atom is 0.401 e. The molecular formula is C15H19F3N2O2S. The van der Waals surface area contributed by atoms with Gasteiger partial charge in [0.2, 0.25) is 10.0 Å². The number of sulfonamides is 1. The summed E-state index contributed by atoms with van der Waals surface area (Å²) in [5.74, 6) is -0.0998. The SMILES string of the molecule is O=S(=O)(/C=C/c1ccccc1)NC[C@H]1CCN(CC(F)(F)F)C1. The lowest BCUT2D eigenvalue weighted by molar-refractivity contribution is -0.143. The van der Waals surface area contributed by atoms with Crippen molar-refractivity contribution in [3.8, 4) is 0 Å². The zero-order valence-corrected chi connectivity index (χ0v) is 13.3. The summed E-state index contributed by atoms with van der Waals surface area (Å²) in [5.41, 5.74) is 0.759. The fraction of sp³-hybridized carbons (Fsp3) is 0.467. The van der Waals surface area contributed by atoms with E-state index in [4.69, 9.17) is 0 Å². The number of nitrogens with one attached hydrogen (secondary N) is 1. The van der Waals surface area contributed by atoms with Crippen LogP contribution >= 0.6 is 0 Å². The van der Waals surface area contributed by atoms with E-state index < -0.39 is 22.7 Å². The minimum Gasteiger partial charge on any atom is -0.295 e. The molecule has 128 valence electrons. The van der Waals surface area contributed by atoms with Crippen molar-refractivity contribution in [2.24, 2.45) is 5.92 Å². The molecule has 0 aliphatic carbocycles. The first-order valence-electron chi connectivity index (χ1n) is 7.25. The van der Waals surface area contributed by atoms with Crippen molar-refractivity contribution in [1.82, 2.24) is 9.62 Å². The van der Waals surface area contributed by atoms with Crippen LogP contribution in [0.5, 0.6) is 0 Å². The Labute approximate surface area is 134 Å². The van der Waals surface area contributed by atoms with Gasteiger partial charge in [-0.3, -0.25) is 4.90 Å². The Morgan fingerprint density at radius 2 is 1.96 bits per heavy atom. The highest BCUT2D eigenvalue weighted by Gasteiger charge is 2.34. The van der Waals surface area contributed by atoms with Gasteiger partial charge in [0.1, 0.15) is 0 Å². The number of nitrogens with zero attached hydrogens (tertiary/aromatic N) is 1. The zero-order chi connectivity index (χ0) is 16.9. The minimum absolute atomic E-state index is 0.0998. The minimum atomic E-state index is -4.22. The van der Waals surface area contributed by atoms with Gasteiger partial charge in [-0.1, -0.05) is 30.3 Å². The summed E-state index contributed by atoms with van der Waals surface area (Å²) in [6.07, 6.45) is -2.18. The third-order valence-electron chi connectivity index (χ3n) is 3.59. The van der Waals surface area contributed by atoms with Crippen molar-refractivity contribution in [3.05, 3.63) is 41.3 Å². The summed E-state index contributed by atoms with van der Waals surface area (Å²) < 4.78 is 63.1. The molecule has 0 radical (unpaired) electrons. The molecule has 0 unspecified atom stereocenters. The molecule has 0 aromatic heterocycles. The molecule has 1 N–H and O–H groups in total. The molecule has 0 spiro atoms. The molecule has 2 rings (SSSR count). The van der Waals surface area contributed by atoms with E-state index in [1.54, 1.807) is 24.3 Å². The summed E-state index contributed by atoms with van der Waals surface area (Å²) in [4.78, 5) is 1.30. The van der Waals surface area contributed by atoms with E-state index in [0.717, 1.165) is 11.0 Å². The van der Waals surface area contributed by atoms with Crippen LogP contribution in [-0.2, 0) is 10.0 Å². The summed E-state index contributed by atoms with van der Waals surface area (Å²) in [6.45, 7) is -0.198. The van der Waals surface area contributed by atoms with E-state index in [2.05, 4.69) is 4.72 Å². The number of alkyl halides is 3. The second kappa shape index (κ2) is 7.46. The predicted molar refractivity (Wildman–Crippen MR) is 83.0 cm³/mol. The lowest BCUT2D eigenvalue weighted by Crippen LogP contribution is -2.34. The Morgan fingerprint density at radius 3 is 2.61 bits per heavy atom. The van der Waals surface area contributed by atoms with Crippen LogP contribution in [0.15, 0.2) is 35.7 Å². The molecule has 8 heteroatoms. The number of hydrogen-bond donors (Lipinski definition) is 1. The number of hydrogen-bond acceptors (Lipinski definition) is 3. The van der Waals surface area contributed by atoms with Gasteiger partial charge in [0.15, 0.2) is 0 Å². The summed E-state index contributed by atoms with van der Waals surface area (Å²) >= 11 is 0. The number of benzene rings is 1. The first kappa shape index (κ1) is 18.0. The molecule has 4 nitrogen and oxygen atoms in total. The van der Waals surface area contributed by atoms with E-state index in [9.17, 15) is 21.6 Å². The fourth-order valence-electron chi connectivity index (χ4n) is 2.49. The Hall–Kier alpha value is -1.38. The van der Waals surface area contributed by atoms with E-state index in [0.29, 0.717) is 13.0 Å². The van der Waals surface area contributed by atoms with Crippen molar-refractivity contribution >= 4 is 16.1 Å². The lowest BCUT2D eigenvalue weighted by Gasteiger charge is -2.17. The number of likely N-dealkylation sites (tertiary alicyclic amines) is 1. The van der Waals surface area contributed by atoms with Gasteiger partial charge in [0.25, 0.3) is 0 Å². The highest BCUT2D eigenvalue weighted by Crippen LogP contribution is 2.22. The van der Waals surface area contributed by atoms with E-state index in [1.807, 2.05) is 6.07 Å². The Morgan fingerprint density at radius 1 is 1.26 bits per heavy atom. The Bertz CT molecular complexity index is 630. The standard InChI is InChI=1S/C15H19F3N2O2S/c16-15(17,18)12-20-8-6-14(11-20)10-19-23(21,22)9-7-13-4-2-1-3-5-13/h1-5,7,9,14,19H,6,8,10-12H2/b9-7+/t14-/m1/s1. The molecule has 1 fully saturated rings. The molecule has 1 atom stereocenters. The Kier molecular flexibility index (Phi) is 5.83. The van der Waals surface area contributed by atoms with E-state index in [-0.39, 0.29) is 19.0 Å². The van der Waals surface area contributed by atoms with Gasteiger partial charge in [0, 0.05) is 18.5 Å². The van der Waals surface area contributed by atoms with Gasteiger partial charge < -0.3 is 0 Å². The van der Waals surface area contributed by atoms with Gasteiger partial charge >= 0.3 is 6.18 Å². The average Bonchev–Trinajstić information content (AvgIpc) is 2.90. The number of halogens is 3. The normalized spacial score (nSPS) is 20.4. The Balaban J connectivity index is 1.80. The summed E-state index contributed by atoms with van der Waals surface area (Å²) in [5, 5.41) is 1.07. The van der Waals surface area contributed by atoms with Crippen molar-refractivity contribution in [1.29, 1.82) is 0 Å². The molecule has 1 aliphatic heterocycles. The molecule has 1 saturated heterocycles. The van der Waals surface area contributed by atoms with Crippen LogP contribution in [0.1, 0.15) is 12.0 Å². The predicted octanol–water partition coefficient (Wildman–Crippen LogP) is 2.46. The van der Waals surface area contributed by atoms with Gasteiger partial charge in [0.05, 0.1) is 6.54 Å². The van der Waals surface area contributed by atoms with Gasteiger partial charge in [-0.2, -0.15) is 13.2 Å². The first-order valence-corrected chi connectivity index (χ1v) is 8.80. The first-order chi connectivity index (χ1) is 10.7. The number of rotatable bonds is 6. The molecule has 1 aromatic carbocycles. The average molecular weight is 348 g/mol. The monoisotopic (exact) mass is 348 g/mol. The van der Waals surface area contributed by atoms with Crippen LogP contribution in [-0.4, -0.2) is 45.7 Å². The van der Waals surface area contributed by atoms with Gasteiger partial charge in [-0.05, 0) is 30.5 Å². The smallest absolute Gasteiger partial charge is 0.295 e. The maximum absolute atomic E-state index is 12.3. The van der Waals surface area contributed by atoms with E-state index in [1.165, 1.54) is 11.0 Å². The molecule has 1 aliphatic rings. The summed E-state index contributed by atoms with van der Waals surface area (Å²) in [6, 6.07) is 8.98. The van der Waals surface area contributed by atoms with Crippen molar-refractivity contribution in [2.45, 2.75) is 12.6 Å². The van der Waals surface area contributed by atoms with Crippen molar-refractivity contribution in [3.63, 3.8) is 0 Å². The molecule has 1 aromatic rings. The third kappa shape index (κ3) is 6.72.